The number of ether oxygens (including phenoxy) is 1. The Morgan fingerprint density at radius 3 is 1.32 bits per heavy atom. The minimum atomic E-state index is 0.387. The lowest BCUT2D eigenvalue weighted by Gasteiger charge is -2.24. The normalized spacial score (nSPS) is 14.3. The molecule has 0 radical (unpaired) electrons. The highest BCUT2D eigenvalue weighted by molar-refractivity contribution is 5.41. The quantitative estimate of drug-likeness (QED) is 0.370. The summed E-state index contributed by atoms with van der Waals surface area (Å²) >= 11 is 0. The molecule has 0 saturated carbocycles. The zero-order valence-electron chi connectivity index (χ0n) is 21.4. The van der Waals surface area contributed by atoms with E-state index >= 15 is 0 Å². The highest BCUT2D eigenvalue weighted by Crippen LogP contribution is 2.33. The molecule has 0 amide bonds. The van der Waals surface area contributed by atoms with Crippen molar-refractivity contribution in [2.45, 2.75) is 93.9 Å². The molecular weight excluding hydrogens is 376 g/mol. The van der Waals surface area contributed by atoms with Crippen molar-refractivity contribution >= 4 is 0 Å². The van der Waals surface area contributed by atoms with Gasteiger partial charge in [-0.2, -0.15) is 0 Å². The topological polar surface area (TPSA) is 9.23 Å². The van der Waals surface area contributed by atoms with Crippen molar-refractivity contribution < 1.29 is 4.74 Å². The lowest BCUT2D eigenvalue weighted by molar-refractivity contribution is 0.296. The maximum Gasteiger partial charge on any atom is 0.130 e. The maximum absolute atomic E-state index is 6.51. The second kappa shape index (κ2) is 11.2. The fourth-order valence-electron chi connectivity index (χ4n) is 4.84. The first-order chi connectivity index (χ1) is 14.4. The van der Waals surface area contributed by atoms with Gasteiger partial charge in [-0.1, -0.05) is 91.8 Å². The highest BCUT2D eigenvalue weighted by atomic mass is 16.5. The zero-order valence-corrected chi connectivity index (χ0v) is 21.4. The lowest BCUT2D eigenvalue weighted by atomic mass is 9.83. The molecule has 0 fully saturated rings. The van der Waals surface area contributed by atoms with Crippen molar-refractivity contribution in [3.8, 4) is 11.5 Å². The van der Waals surface area contributed by atoms with E-state index in [0.29, 0.717) is 22.7 Å². The summed E-state index contributed by atoms with van der Waals surface area (Å²) in [6.07, 6.45) is 7.04. The molecule has 0 N–H and O–H groups in total. The van der Waals surface area contributed by atoms with E-state index in [1.807, 2.05) is 0 Å². The average Bonchev–Trinajstić information content (AvgIpc) is 2.64. The number of hydrogen-bond acceptors (Lipinski definition) is 1. The summed E-state index contributed by atoms with van der Waals surface area (Å²) in [4.78, 5) is 0. The summed E-state index contributed by atoms with van der Waals surface area (Å²) in [5.41, 5.74) is 3.41. The van der Waals surface area contributed by atoms with E-state index < -0.39 is 0 Å². The van der Waals surface area contributed by atoms with Crippen molar-refractivity contribution in [2.75, 3.05) is 0 Å². The van der Waals surface area contributed by atoms with E-state index in [4.69, 9.17) is 4.74 Å². The molecule has 2 rings (SSSR count). The second-order valence-corrected chi connectivity index (χ2v) is 12.1. The van der Waals surface area contributed by atoms with Crippen molar-refractivity contribution in [3.63, 3.8) is 0 Å². The highest BCUT2D eigenvalue weighted by Gasteiger charge is 2.17. The number of hydrogen-bond donors (Lipinski definition) is 0. The molecule has 0 heterocycles. The molecule has 1 nitrogen and oxygen atoms in total. The van der Waals surface area contributed by atoms with E-state index in [1.54, 1.807) is 0 Å². The first-order valence-electron chi connectivity index (χ1n) is 12.3. The summed E-state index contributed by atoms with van der Waals surface area (Å²) in [5.74, 6) is 3.45. The molecule has 0 aliphatic rings. The minimum absolute atomic E-state index is 0.387. The average molecular weight is 423 g/mol. The smallest absolute Gasteiger partial charge is 0.130 e. The van der Waals surface area contributed by atoms with E-state index in [1.165, 1.54) is 36.8 Å². The Balaban J connectivity index is 2.05. The molecule has 0 bridgehead atoms. The molecule has 2 atom stereocenters. The molecule has 2 aromatic rings. The Morgan fingerprint density at radius 2 is 0.968 bits per heavy atom. The summed E-state index contributed by atoms with van der Waals surface area (Å²) in [5, 5.41) is 0. The van der Waals surface area contributed by atoms with Gasteiger partial charge < -0.3 is 4.74 Å². The van der Waals surface area contributed by atoms with Crippen LogP contribution >= 0.6 is 0 Å². The van der Waals surface area contributed by atoms with Gasteiger partial charge in [0.2, 0.25) is 0 Å². The molecule has 1 heteroatoms. The first-order valence-corrected chi connectivity index (χ1v) is 12.3. The van der Waals surface area contributed by atoms with E-state index in [-0.39, 0.29) is 0 Å². The summed E-state index contributed by atoms with van der Waals surface area (Å²) in [6, 6.07) is 17.2. The molecule has 0 spiro atoms. The van der Waals surface area contributed by atoms with Gasteiger partial charge in [-0.3, -0.25) is 0 Å². The minimum Gasteiger partial charge on any atom is -0.457 e. The molecule has 0 aliphatic carbocycles. The third kappa shape index (κ3) is 9.93. The lowest BCUT2D eigenvalue weighted by Crippen LogP contribution is -2.12. The van der Waals surface area contributed by atoms with Crippen molar-refractivity contribution in [1.29, 1.82) is 0 Å². The van der Waals surface area contributed by atoms with Gasteiger partial charge in [-0.25, -0.2) is 0 Å². The molecule has 0 saturated heterocycles. The fraction of sp³-hybridized carbons (Fsp3) is 0.600. The van der Waals surface area contributed by atoms with Crippen LogP contribution in [0.25, 0.3) is 0 Å². The Morgan fingerprint density at radius 1 is 0.613 bits per heavy atom. The van der Waals surface area contributed by atoms with Crippen LogP contribution < -0.4 is 4.74 Å². The van der Waals surface area contributed by atoms with Crippen LogP contribution in [0.1, 0.15) is 92.2 Å². The molecule has 172 valence electrons. The summed E-state index contributed by atoms with van der Waals surface area (Å²) < 4.78 is 6.51. The van der Waals surface area contributed by atoms with Crippen LogP contribution in [0.5, 0.6) is 11.5 Å². The van der Waals surface area contributed by atoms with Crippen LogP contribution in [-0.4, -0.2) is 0 Å². The maximum atomic E-state index is 6.51. The Hall–Kier alpha value is -1.76. The van der Waals surface area contributed by atoms with Gasteiger partial charge in [-0.15, -0.1) is 0 Å². The van der Waals surface area contributed by atoms with Gasteiger partial charge in [0.15, 0.2) is 0 Å². The Bertz CT molecular complexity index is 723. The van der Waals surface area contributed by atoms with Crippen LogP contribution in [0.15, 0.2) is 48.5 Å². The molecular formula is C30H46O. The molecule has 2 unspecified atom stereocenters. The summed E-state index contributed by atoms with van der Waals surface area (Å²) in [6.45, 7) is 18.8. The van der Waals surface area contributed by atoms with Gasteiger partial charge in [0.25, 0.3) is 0 Å². The van der Waals surface area contributed by atoms with E-state index in [0.717, 1.165) is 24.3 Å². The number of benzene rings is 2. The fourth-order valence-corrected chi connectivity index (χ4v) is 4.84. The van der Waals surface area contributed by atoms with Gasteiger partial charge in [-0.05, 0) is 84.5 Å². The molecule has 31 heavy (non-hydrogen) atoms. The predicted octanol–water partition coefficient (Wildman–Crippen LogP) is 9.49. The van der Waals surface area contributed by atoms with Crippen molar-refractivity contribution in [1.82, 2.24) is 0 Å². The Labute approximate surface area is 192 Å². The largest absolute Gasteiger partial charge is 0.457 e. The van der Waals surface area contributed by atoms with Gasteiger partial charge in [0.1, 0.15) is 11.5 Å². The van der Waals surface area contributed by atoms with Crippen LogP contribution in [0.3, 0.4) is 0 Å². The molecule has 0 aromatic heterocycles. The standard InChI is InChI=1S/C30H46O/c1-23(21-29(3,4)5)17-19-25-13-9-11-15-27(25)31-28-16-12-10-14-26(28)20-18-24(2)22-30(6,7)8/h9-16,23-24H,17-22H2,1-8H3. The number of aryl methyl sites for hydroxylation is 2. The summed E-state index contributed by atoms with van der Waals surface area (Å²) in [7, 11) is 0. The van der Waals surface area contributed by atoms with Gasteiger partial charge >= 0.3 is 0 Å². The second-order valence-electron chi connectivity index (χ2n) is 12.1. The monoisotopic (exact) mass is 422 g/mol. The SMILES string of the molecule is CC(CCc1ccccc1Oc1ccccc1CCC(C)CC(C)(C)C)CC(C)(C)C. The van der Waals surface area contributed by atoms with E-state index in [9.17, 15) is 0 Å². The molecule has 2 aromatic carbocycles. The predicted molar refractivity (Wildman–Crippen MR) is 136 cm³/mol. The van der Waals surface area contributed by atoms with Gasteiger partial charge in [0, 0.05) is 0 Å². The first kappa shape index (κ1) is 25.5. The third-order valence-corrected chi connectivity index (χ3v) is 5.90. The van der Waals surface area contributed by atoms with Gasteiger partial charge in [0.05, 0.1) is 0 Å². The molecule has 0 aliphatic heterocycles. The van der Waals surface area contributed by atoms with Crippen molar-refractivity contribution in [2.24, 2.45) is 22.7 Å². The third-order valence-electron chi connectivity index (χ3n) is 5.90. The zero-order chi connectivity index (χ0) is 23.1. The number of rotatable bonds is 10. The number of para-hydroxylation sites is 2. The van der Waals surface area contributed by atoms with Crippen molar-refractivity contribution in [3.05, 3.63) is 59.7 Å². The van der Waals surface area contributed by atoms with E-state index in [2.05, 4.69) is 104 Å². The van der Waals surface area contributed by atoms with Crippen LogP contribution in [0.4, 0.5) is 0 Å². The Kier molecular flexibility index (Phi) is 9.22. The van der Waals surface area contributed by atoms with Crippen LogP contribution in [-0.2, 0) is 12.8 Å². The van der Waals surface area contributed by atoms with Crippen LogP contribution in [0.2, 0.25) is 0 Å². The van der Waals surface area contributed by atoms with Crippen LogP contribution in [0, 0.1) is 22.7 Å².